The Morgan fingerprint density at radius 1 is 0.786 bits per heavy atom. The van der Waals surface area contributed by atoms with Crippen LogP contribution in [-0.2, 0) is 11.2 Å². The van der Waals surface area contributed by atoms with Crippen molar-refractivity contribution in [3.63, 3.8) is 0 Å². The first kappa shape index (κ1) is 18.1. The molecule has 0 aliphatic carbocycles. The van der Waals surface area contributed by atoms with Crippen molar-refractivity contribution in [3.8, 4) is 5.75 Å². The summed E-state index contributed by atoms with van der Waals surface area (Å²) in [4.78, 5) is 12.2. The number of carbonyl (C=O) groups excluding carboxylic acids is 1. The molecule has 0 atom stereocenters. The van der Waals surface area contributed by atoms with E-state index in [1.54, 1.807) is 0 Å². The molecule has 0 aliphatic rings. The summed E-state index contributed by atoms with van der Waals surface area (Å²) in [5.41, 5.74) is 1.21. The first-order valence-electron chi connectivity index (χ1n) is 9.64. The number of hydrogen-bond donors (Lipinski definition) is 1. The van der Waals surface area contributed by atoms with Gasteiger partial charge in [-0.1, -0.05) is 72.8 Å². The van der Waals surface area contributed by atoms with Gasteiger partial charge in [0.05, 0.1) is 6.54 Å². The van der Waals surface area contributed by atoms with E-state index in [0.717, 1.165) is 17.6 Å². The van der Waals surface area contributed by atoms with E-state index < -0.39 is 0 Å². The number of amides is 1. The first-order valence-corrected chi connectivity index (χ1v) is 9.64. The van der Waals surface area contributed by atoms with Crippen molar-refractivity contribution in [1.29, 1.82) is 0 Å². The maximum Gasteiger partial charge on any atom is 0.220 e. The molecule has 28 heavy (non-hydrogen) atoms. The van der Waals surface area contributed by atoms with Gasteiger partial charge in [-0.15, -0.1) is 0 Å². The van der Waals surface area contributed by atoms with E-state index >= 15 is 0 Å². The van der Waals surface area contributed by atoms with Gasteiger partial charge in [-0.05, 0) is 45.7 Å². The Kier molecular flexibility index (Phi) is 5.53. The van der Waals surface area contributed by atoms with Crippen molar-refractivity contribution >= 4 is 27.5 Å². The van der Waals surface area contributed by atoms with Crippen molar-refractivity contribution in [2.24, 2.45) is 0 Å². The lowest BCUT2D eigenvalue weighted by Gasteiger charge is -2.09. The standard InChI is InChI=1S/C25H23NO2/c27-25(15-13-21-10-5-9-20-7-3-4-11-24(20)21)26-16-17-28-23-14-12-19-6-1-2-8-22(19)18-23/h1-12,14,18H,13,15-17H2,(H,26,27). The molecule has 0 aliphatic heterocycles. The molecule has 1 amide bonds. The highest BCUT2D eigenvalue weighted by Crippen LogP contribution is 2.21. The lowest BCUT2D eigenvalue weighted by molar-refractivity contribution is -0.121. The van der Waals surface area contributed by atoms with E-state index in [1.165, 1.54) is 21.7 Å². The summed E-state index contributed by atoms with van der Waals surface area (Å²) >= 11 is 0. The van der Waals surface area contributed by atoms with E-state index in [2.05, 4.69) is 41.7 Å². The summed E-state index contributed by atoms with van der Waals surface area (Å²) in [5, 5.41) is 7.72. The second-order valence-electron chi connectivity index (χ2n) is 6.85. The summed E-state index contributed by atoms with van der Waals surface area (Å²) in [6.07, 6.45) is 1.21. The number of fused-ring (bicyclic) bond motifs is 2. The van der Waals surface area contributed by atoms with E-state index in [4.69, 9.17) is 4.74 Å². The van der Waals surface area contributed by atoms with Gasteiger partial charge in [0.25, 0.3) is 0 Å². The van der Waals surface area contributed by atoms with E-state index in [0.29, 0.717) is 19.6 Å². The van der Waals surface area contributed by atoms with Crippen molar-refractivity contribution in [2.45, 2.75) is 12.8 Å². The average Bonchev–Trinajstić information content (AvgIpc) is 2.75. The molecular weight excluding hydrogens is 346 g/mol. The number of benzene rings is 4. The van der Waals surface area contributed by atoms with Gasteiger partial charge in [0.1, 0.15) is 12.4 Å². The molecule has 0 aromatic heterocycles. The number of carbonyl (C=O) groups is 1. The Hall–Kier alpha value is -3.33. The lowest BCUT2D eigenvalue weighted by atomic mass is 10.0. The SMILES string of the molecule is O=C(CCc1cccc2ccccc12)NCCOc1ccc2ccccc2c1. The van der Waals surface area contributed by atoms with Crippen LogP contribution in [0.3, 0.4) is 0 Å². The zero-order valence-corrected chi connectivity index (χ0v) is 15.7. The molecule has 3 nitrogen and oxygen atoms in total. The Bertz CT molecular complexity index is 1100. The Balaban J connectivity index is 1.24. The Morgan fingerprint density at radius 3 is 2.43 bits per heavy atom. The number of ether oxygens (including phenoxy) is 1. The van der Waals surface area contributed by atoms with Crippen LogP contribution in [-0.4, -0.2) is 19.1 Å². The van der Waals surface area contributed by atoms with E-state index in [9.17, 15) is 4.79 Å². The topological polar surface area (TPSA) is 38.3 Å². The third-order valence-electron chi connectivity index (χ3n) is 4.92. The maximum absolute atomic E-state index is 12.2. The minimum absolute atomic E-state index is 0.0510. The molecule has 0 heterocycles. The van der Waals surface area contributed by atoms with Gasteiger partial charge in [-0.3, -0.25) is 4.79 Å². The third-order valence-corrected chi connectivity index (χ3v) is 4.92. The van der Waals surface area contributed by atoms with Gasteiger partial charge < -0.3 is 10.1 Å². The molecule has 0 saturated heterocycles. The summed E-state index contributed by atoms with van der Waals surface area (Å²) in [7, 11) is 0. The highest BCUT2D eigenvalue weighted by atomic mass is 16.5. The predicted octanol–water partition coefficient (Wildman–Crippen LogP) is 5.12. The van der Waals surface area contributed by atoms with Gasteiger partial charge in [-0.25, -0.2) is 0 Å². The molecule has 0 bridgehead atoms. The van der Waals surface area contributed by atoms with Crippen molar-refractivity contribution < 1.29 is 9.53 Å². The van der Waals surface area contributed by atoms with Crippen LogP contribution in [0, 0.1) is 0 Å². The highest BCUT2D eigenvalue weighted by molar-refractivity contribution is 5.86. The zero-order chi connectivity index (χ0) is 19.2. The first-order chi connectivity index (χ1) is 13.8. The number of aryl methyl sites for hydroxylation is 1. The summed E-state index contributed by atoms with van der Waals surface area (Å²) in [6, 6.07) is 28.8. The van der Waals surface area contributed by atoms with Gasteiger partial charge in [-0.2, -0.15) is 0 Å². The molecular formula is C25H23NO2. The van der Waals surface area contributed by atoms with Crippen LogP contribution >= 0.6 is 0 Å². The van der Waals surface area contributed by atoms with Gasteiger partial charge >= 0.3 is 0 Å². The molecule has 3 heteroatoms. The fraction of sp³-hybridized carbons (Fsp3) is 0.160. The smallest absolute Gasteiger partial charge is 0.220 e. The van der Waals surface area contributed by atoms with E-state index in [-0.39, 0.29) is 5.91 Å². The molecule has 140 valence electrons. The minimum atomic E-state index is 0.0510. The molecule has 4 aromatic rings. The predicted molar refractivity (Wildman–Crippen MR) is 115 cm³/mol. The summed E-state index contributed by atoms with van der Waals surface area (Å²) in [6.45, 7) is 0.958. The number of rotatable bonds is 7. The molecule has 0 spiro atoms. The molecule has 4 aromatic carbocycles. The molecule has 0 saturated carbocycles. The quantitative estimate of drug-likeness (QED) is 0.459. The van der Waals surface area contributed by atoms with Crippen molar-refractivity contribution in [2.75, 3.05) is 13.2 Å². The van der Waals surface area contributed by atoms with Crippen LogP contribution < -0.4 is 10.1 Å². The largest absolute Gasteiger partial charge is 0.492 e. The normalized spacial score (nSPS) is 10.9. The van der Waals surface area contributed by atoms with Crippen LogP contribution in [0.1, 0.15) is 12.0 Å². The highest BCUT2D eigenvalue weighted by Gasteiger charge is 2.05. The fourth-order valence-corrected chi connectivity index (χ4v) is 3.46. The third kappa shape index (κ3) is 4.32. The molecule has 1 N–H and O–H groups in total. The minimum Gasteiger partial charge on any atom is -0.492 e. The molecule has 4 rings (SSSR count). The van der Waals surface area contributed by atoms with Gasteiger partial charge in [0.2, 0.25) is 5.91 Å². The van der Waals surface area contributed by atoms with Crippen LogP contribution in [0.15, 0.2) is 84.9 Å². The van der Waals surface area contributed by atoms with Gasteiger partial charge in [0.15, 0.2) is 0 Å². The van der Waals surface area contributed by atoms with E-state index in [1.807, 2.05) is 48.5 Å². The summed E-state index contributed by atoms with van der Waals surface area (Å²) in [5.74, 6) is 0.874. The second-order valence-corrected chi connectivity index (χ2v) is 6.85. The second kappa shape index (κ2) is 8.57. The number of nitrogens with one attached hydrogen (secondary N) is 1. The van der Waals surface area contributed by atoms with Crippen molar-refractivity contribution in [3.05, 3.63) is 90.5 Å². The van der Waals surface area contributed by atoms with Crippen LogP contribution in [0.25, 0.3) is 21.5 Å². The maximum atomic E-state index is 12.2. The molecule has 0 fully saturated rings. The fourth-order valence-electron chi connectivity index (χ4n) is 3.46. The molecule has 0 radical (unpaired) electrons. The van der Waals surface area contributed by atoms with Crippen LogP contribution in [0.4, 0.5) is 0 Å². The molecule has 0 unspecified atom stereocenters. The number of hydrogen-bond acceptors (Lipinski definition) is 2. The van der Waals surface area contributed by atoms with Crippen molar-refractivity contribution in [1.82, 2.24) is 5.32 Å². The van der Waals surface area contributed by atoms with Crippen LogP contribution in [0.5, 0.6) is 5.75 Å². The van der Waals surface area contributed by atoms with Crippen LogP contribution in [0.2, 0.25) is 0 Å². The summed E-state index contributed by atoms with van der Waals surface area (Å²) < 4.78 is 5.77. The lowest BCUT2D eigenvalue weighted by Crippen LogP contribution is -2.28. The Labute approximate surface area is 165 Å². The van der Waals surface area contributed by atoms with Gasteiger partial charge in [0, 0.05) is 6.42 Å². The average molecular weight is 369 g/mol. The zero-order valence-electron chi connectivity index (χ0n) is 15.7. The monoisotopic (exact) mass is 369 g/mol. The Morgan fingerprint density at radius 2 is 1.54 bits per heavy atom.